The van der Waals surface area contributed by atoms with Crippen LogP contribution in [0, 0.1) is 0 Å². The summed E-state index contributed by atoms with van der Waals surface area (Å²) < 4.78 is 4.92. The summed E-state index contributed by atoms with van der Waals surface area (Å²) in [4.78, 5) is 24.3. The number of amides is 2. The van der Waals surface area contributed by atoms with Crippen LogP contribution in [-0.2, 0) is 9.53 Å². The molecule has 16 heavy (non-hydrogen) atoms. The molecule has 1 aromatic carbocycles. The molecule has 0 aliphatic carbocycles. The number of hydrogen-bond acceptors (Lipinski definition) is 3. The van der Waals surface area contributed by atoms with Gasteiger partial charge in [0.05, 0.1) is 0 Å². The highest BCUT2D eigenvalue weighted by Crippen LogP contribution is 2.27. The minimum atomic E-state index is -0.541. The van der Waals surface area contributed by atoms with Gasteiger partial charge >= 0.3 is 6.09 Å². The van der Waals surface area contributed by atoms with Crippen molar-refractivity contribution < 1.29 is 14.3 Å². The number of hydrogen-bond donors (Lipinski definition) is 0. The van der Waals surface area contributed by atoms with Crippen molar-refractivity contribution in [1.29, 1.82) is 0 Å². The molecule has 0 N–H and O–H groups in total. The van der Waals surface area contributed by atoms with Gasteiger partial charge in [0.15, 0.2) is 0 Å². The van der Waals surface area contributed by atoms with Crippen LogP contribution in [0.3, 0.4) is 0 Å². The molecule has 0 unspecified atom stereocenters. The molecule has 0 saturated carbocycles. The van der Waals surface area contributed by atoms with E-state index in [4.69, 9.17) is 4.74 Å². The normalized spacial score (nSPS) is 19.7. The number of ether oxygens (including phenoxy) is 1. The summed E-state index contributed by atoms with van der Waals surface area (Å²) in [6.07, 6.45) is -0.237. The van der Waals surface area contributed by atoms with Gasteiger partial charge in [-0.25, -0.2) is 9.69 Å². The molecule has 84 valence electrons. The predicted octanol–water partition coefficient (Wildman–Crippen LogP) is 2.12. The number of nitrogens with zero attached hydrogens (tertiary/aromatic N) is 1. The van der Waals surface area contributed by atoms with E-state index in [1.165, 1.54) is 4.90 Å². The van der Waals surface area contributed by atoms with Crippen LogP contribution in [0.5, 0.6) is 0 Å². The Balaban J connectivity index is 2.28. The van der Waals surface area contributed by atoms with Gasteiger partial charge in [-0.2, -0.15) is 0 Å². The number of carbonyl (C=O) groups is 2. The first-order valence-corrected chi connectivity index (χ1v) is 5.27. The zero-order valence-electron chi connectivity index (χ0n) is 9.05. The lowest BCUT2D eigenvalue weighted by Gasteiger charge is -2.18. The number of carbonyl (C=O) groups excluding carboxylic acids is 2. The van der Waals surface area contributed by atoms with Crippen molar-refractivity contribution in [2.24, 2.45) is 0 Å². The molecule has 0 aromatic heterocycles. The van der Waals surface area contributed by atoms with E-state index in [0.29, 0.717) is 6.42 Å². The lowest BCUT2D eigenvalue weighted by Crippen LogP contribution is -2.33. The van der Waals surface area contributed by atoms with Crippen molar-refractivity contribution in [2.45, 2.75) is 19.4 Å². The molecular weight excluding hydrogens is 206 g/mol. The molecule has 1 heterocycles. The minimum Gasteiger partial charge on any atom is -0.446 e. The van der Waals surface area contributed by atoms with Crippen LogP contribution in [0.1, 0.15) is 24.9 Å². The van der Waals surface area contributed by atoms with Crippen molar-refractivity contribution >= 4 is 12.0 Å². The topological polar surface area (TPSA) is 46.6 Å². The van der Waals surface area contributed by atoms with Crippen molar-refractivity contribution in [3.63, 3.8) is 0 Å². The maximum atomic E-state index is 11.6. The van der Waals surface area contributed by atoms with E-state index in [-0.39, 0.29) is 18.6 Å². The van der Waals surface area contributed by atoms with Crippen LogP contribution in [0.15, 0.2) is 30.3 Å². The summed E-state index contributed by atoms with van der Waals surface area (Å²) >= 11 is 0. The van der Waals surface area contributed by atoms with Crippen LogP contribution in [0.25, 0.3) is 0 Å². The SMILES string of the molecule is CCC(=O)N1C(=O)OC[C@H]1c1ccccc1. The molecule has 2 amide bonds. The monoisotopic (exact) mass is 219 g/mol. The molecule has 4 nitrogen and oxygen atoms in total. The van der Waals surface area contributed by atoms with Crippen LogP contribution in [0.2, 0.25) is 0 Å². The fraction of sp³-hybridized carbons (Fsp3) is 0.333. The number of cyclic esters (lactones) is 1. The minimum absolute atomic E-state index is 0.198. The van der Waals surface area contributed by atoms with Gasteiger partial charge in [0.25, 0.3) is 0 Å². The first-order valence-electron chi connectivity index (χ1n) is 5.27. The summed E-state index contributed by atoms with van der Waals surface area (Å²) in [5.74, 6) is -0.198. The highest BCUT2D eigenvalue weighted by Gasteiger charge is 2.37. The standard InChI is InChI=1S/C12H13NO3/c1-2-11(14)13-10(8-16-12(13)15)9-6-4-3-5-7-9/h3-7,10H,2,8H2,1H3/t10-/m0/s1. The first-order chi connectivity index (χ1) is 7.74. The molecule has 0 radical (unpaired) electrons. The van der Waals surface area contributed by atoms with Crippen molar-refractivity contribution in [1.82, 2.24) is 4.90 Å². The van der Waals surface area contributed by atoms with E-state index in [1.54, 1.807) is 6.92 Å². The summed E-state index contributed by atoms with van der Waals surface area (Å²) in [7, 11) is 0. The predicted molar refractivity (Wildman–Crippen MR) is 57.7 cm³/mol. The van der Waals surface area contributed by atoms with Crippen LogP contribution >= 0.6 is 0 Å². The maximum Gasteiger partial charge on any atom is 0.417 e. The fourth-order valence-electron chi connectivity index (χ4n) is 1.79. The van der Waals surface area contributed by atoms with Gasteiger partial charge in [-0.05, 0) is 5.56 Å². The Morgan fingerprint density at radius 1 is 1.44 bits per heavy atom. The third kappa shape index (κ3) is 1.78. The summed E-state index contributed by atoms with van der Waals surface area (Å²) in [5, 5.41) is 0. The van der Waals surface area contributed by atoms with Crippen molar-refractivity contribution in [3.05, 3.63) is 35.9 Å². The van der Waals surface area contributed by atoms with E-state index < -0.39 is 6.09 Å². The first kappa shape index (κ1) is 10.7. The third-order valence-corrected chi connectivity index (χ3v) is 2.63. The average Bonchev–Trinajstić information content (AvgIpc) is 2.71. The molecule has 0 bridgehead atoms. The smallest absolute Gasteiger partial charge is 0.417 e. The zero-order valence-corrected chi connectivity index (χ0v) is 9.05. The Hall–Kier alpha value is -1.84. The largest absolute Gasteiger partial charge is 0.446 e. The van der Waals surface area contributed by atoms with Gasteiger partial charge in [0.2, 0.25) is 5.91 Å². The van der Waals surface area contributed by atoms with E-state index in [2.05, 4.69) is 0 Å². The Kier molecular flexibility index (Phi) is 2.90. The maximum absolute atomic E-state index is 11.6. The second kappa shape index (κ2) is 4.35. The molecular formula is C12H13NO3. The molecule has 0 spiro atoms. The summed E-state index contributed by atoms with van der Waals surface area (Å²) in [6, 6.07) is 9.17. The van der Waals surface area contributed by atoms with Gasteiger partial charge in [-0.1, -0.05) is 37.3 Å². The van der Waals surface area contributed by atoms with Gasteiger partial charge in [-0.15, -0.1) is 0 Å². The van der Waals surface area contributed by atoms with E-state index in [0.717, 1.165) is 5.56 Å². The van der Waals surface area contributed by atoms with Gasteiger partial charge in [-0.3, -0.25) is 4.79 Å². The number of benzene rings is 1. The van der Waals surface area contributed by atoms with Crippen molar-refractivity contribution in [3.8, 4) is 0 Å². The second-order valence-corrected chi connectivity index (χ2v) is 3.62. The molecule has 2 rings (SSSR count). The van der Waals surface area contributed by atoms with E-state index >= 15 is 0 Å². The van der Waals surface area contributed by atoms with E-state index in [1.807, 2.05) is 30.3 Å². The molecule has 1 saturated heterocycles. The molecule has 1 fully saturated rings. The zero-order chi connectivity index (χ0) is 11.5. The van der Waals surface area contributed by atoms with Crippen LogP contribution in [-0.4, -0.2) is 23.5 Å². The fourth-order valence-corrected chi connectivity index (χ4v) is 1.79. The van der Waals surface area contributed by atoms with Gasteiger partial charge in [0, 0.05) is 6.42 Å². The quantitative estimate of drug-likeness (QED) is 0.765. The highest BCUT2D eigenvalue weighted by atomic mass is 16.6. The molecule has 1 atom stereocenters. The highest BCUT2D eigenvalue weighted by molar-refractivity contribution is 5.93. The lowest BCUT2D eigenvalue weighted by atomic mass is 10.1. The second-order valence-electron chi connectivity index (χ2n) is 3.62. The summed E-state index contributed by atoms with van der Waals surface area (Å²) in [6.45, 7) is 1.98. The Morgan fingerprint density at radius 2 is 2.12 bits per heavy atom. The Bertz CT molecular complexity index is 402. The molecule has 1 aliphatic rings. The Morgan fingerprint density at radius 3 is 2.75 bits per heavy atom. The van der Waals surface area contributed by atoms with Crippen molar-refractivity contribution in [2.75, 3.05) is 6.61 Å². The third-order valence-electron chi connectivity index (χ3n) is 2.63. The lowest BCUT2D eigenvalue weighted by molar-refractivity contribution is -0.128. The molecule has 1 aromatic rings. The van der Waals surface area contributed by atoms with E-state index in [9.17, 15) is 9.59 Å². The number of rotatable bonds is 2. The molecule has 4 heteroatoms. The Labute approximate surface area is 93.8 Å². The molecule has 1 aliphatic heterocycles. The summed E-state index contributed by atoms with van der Waals surface area (Å²) in [5.41, 5.74) is 0.926. The average molecular weight is 219 g/mol. The number of imide groups is 1. The van der Waals surface area contributed by atoms with Crippen LogP contribution < -0.4 is 0 Å². The van der Waals surface area contributed by atoms with Gasteiger partial charge < -0.3 is 4.74 Å². The van der Waals surface area contributed by atoms with Crippen LogP contribution in [0.4, 0.5) is 4.79 Å². The van der Waals surface area contributed by atoms with Gasteiger partial charge in [0.1, 0.15) is 12.6 Å².